The molecular weight excluding hydrogens is 264 g/mol. The number of hydrogen-bond acceptors (Lipinski definition) is 0. The highest BCUT2D eigenvalue weighted by Gasteiger charge is 2.18. The summed E-state index contributed by atoms with van der Waals surface area (Å²) in [6.07, 6.45) is 4.61. The Morgan fingerprint density at radius 3 is 2.23 bits per heavy atom. The lowest BCUT2D eigenvalue weighted by Crippen LogP contribution is -2.10. The van der Waals surface area contributed by atoms with E-state index in [1.54, 1.807) is 0 Å². The third-order valence-electron chi connectivity index (χ3n) is 4.74. The van der Waals surface area contributed by atoms with E-state index in [9.17, 15) is 0 Å². The molecule has 0 aliphatic heterocycles. The average Bonchev–Trinajstić information content (AvgIpc) is 2.86. The maximum atomic E-state index is 2.38. The summed E-state index contributed by atoms with van der Waals surface area (Å²) in [6, 6.07) is 13.7. The number of hydrogen-bond donors (Lipinski definition) is 0. The zero-order chi connectivity index (χ0) is 15.9. The molecule has 2 aromatic rings. The molecule has 0 saturated heterocycles. The summed E-state index contributed by atoms with van der Waals surface area (Å²) in [6.45, 7) is 11.3. The van der Waals surface area contributed by atoms with E-state index < -0.39 is 0 Å². The Hall–Kier alpha value is -1.82. The van der Waals surface area contributed by atoms with Crippen LogP contribution in [0.25, 0.3) is 17.2 Å². The minimum absolute atomic E-state index is 0.211. The SMILES string of the molecule is CCc1ccc(-c2ccc(C(C)(C)C)cc2)c2c1CC(C)=C2. The number of benzene rings is 2. The van der Waals surface area contributed by atoms with E-state index in [0.29, 0.717) is 0 Å². The molecule has 114 valence electrons. The van der Waals surface area contributed by atoms with Gasteiger partial charge in [-0.3, -0.25) is 0 Å². The van der Waals surface area contributed by atoms with Crippen molar-refractivity contribution in [2.24, 2.45) is 0 Å². The molecule has 0 amide bonds. The van der Waals surface area contributed by atoms with Gasteiger partial charge in [-0.25, -0.2) is 0 Å². The van der Waals surface area contributed by atoms with Crippen LogP contribution < -0.4 is 0 Å². The quantitative estimate of drug-likeness (QED) is 0.620. The van der Waals surface area contributed by atoms with Gasteiger partial charge in [0.1, 0.15) is 0 Å². The van der Waals surface area contributed by atoms with E-state index in [0.717, 1.165) is 12.8 Å². The minimum atomic E-state index is 0.211. The fourth-order valence-corrected chi connectivity index (χ4v) is 3.39. The van der Waals surface area contributed by atoms with E-state index >= 15 is 0 Å². The van der Waals surface area contributed by atoms with Gasteiger partial charge in [0.2, 0.25) is 0 Å². The van der Waals surface area contributed by atoms with Gasteiger partial charge in [0, 0.05) is 0 Å². The molecular formula is C22H26. The molecule has 0 bridgehead atoms. The molecule has 0 spiro atoms. The van der Waals surface area contributed by atoms with Crippen molar-refractivity contribution in [1.82, 2.24) is 0 Å². The molecule has 0 nitrogen and oxygen atoms in total. The zero-order valence-corrected chi connectivity index (χ0v) is 14.5. The largest absolute Gasteiger partial charge is 0.0683 e. The van der Waals surface area contributed by atoms with Crippen LogP contribution in [0.2, 0.25) is 0 Å². The molecule has 0 atom stereocenters. The van der Waals surface area contributed by atoms with E-state index in [-0.39, 0.29) is 5.41 Å². The van der Waals surface area contributed by atoms with Crippen LogP contribution in [-0.4, -0.2) is 0 Å². The lowest BCUT2D eigenvalue weighted by atomic mass is 9.85. The van der Waals surface area contributed by atoms with Crippen molar-refractivity contribution in [2.75, 3.05) is 0 Å². The van der Waals surface area contributed by atoms with Gasteiger partial charge in [0.25, 0.3) is 0 Å². The lowest BCUT2D eigenvalue weighted by molar-refractivity contribution is 0.590. The van der Waals surface area contributed by atoms with Crippen molar-refractivity contribution in [1.29, 1.82) is 0 Å². The topological polar surface area (TPSA) is 0 Å². The first kappa shape index (κ1) is 15.1. The van der Waals surface area contributed by atoms with E-state index in [2.05, 4.69) is 77.1 Å². The molecule has 0 unspecified atom stereocenters. The first-order chi connectivity index (χ1) is 10.4. The molecule has 0 heterocycles. The van der Waals surface area contributed by atoms with Gasteiger partial charge in [-0.05, 0) is 58.6 Å². The van der Waals surface area contributed by atoms with Crippen molar-refractivity contribution < 1.29 is 0 Å². The van der Waals surface area contributed by atoms with E-state index in [1.165, 1.54) is 39.0 Å². The second-order valence-electron chi connectivity index (χ2n) is 7.51. The highest BCUT2D eigenvalue weighted by molar-refractivity contribution is 5.81. The van der Waals surface area contributed by atoms with Gasteiger partial charge in [-0.15, -0.1) is 0 Å². The number of rotatable bonds is 2. The Bertz CT molecular complexity index is 722. The third-order valence-corrected chi connectivity index (χ3v) is 4.74. The first-order valence-corrected chi connectivity index (χ1v) is 8.33. The molecule has 0 saturated carbocycles. The monoisotopic (exact) mass is 290 g/mol. The predicted octanol–water partition coefficient (Wildman–Crippen LogP) is 6.17. The highest BCUT2D eigenvalue weighted by Crippen LogP contribution is 2.37. The number of fused-ring (bicyclic) bond motifs is 1. The maximum Gasteiger partial charge on any atom is -0.00576 e. The van der Waals surface area contributed by atoms with Gasteiger partial charge in [0.05, 0.1) is 0 Å². The summed E-state index contributed by atoms with van der Waals surface area (Å²) in [5.74, 6) is 0. The minimum Gasteiger partial charge on any atom is -0.0683 e. The predicted molar refractivity (Wildman–Crippen MR) is 97.3 cm³/mol. The molecule has 0 aromatic heterocycles. The van der Waals surface area contributed by atoms with Crippen LogP contribution in [0.5, 0.6) is 0 Å². The molecule has 0 radical (unpaired) electrons. The molecule has 0 N–H and O–H groups in total. The third kappa shape index (κ3) is 2.63. The fraction of sp³-hybridized carbons (Fsp3) is 0.364. The summed E-state index contributed by atoms with van der Waals surface area (Å²) in [5, 5.41) is 0. The molecule has 1 aliphatic rings. The Morgan fingerprint density at radius 1 is 0.955 bits per heavy atom. The smallest absolute Gasteiger partial charge is 0.00576 e. The second kappa shape index (κ2) is 5.43. The standard InChI is InChI=1S/C22H26/c1-6-16-9-12-19(21-14-15(2)13-20(16)21)17-7-10-18(11-8-17)22(3,4)5/h7-12,14H,6,13H2,1-5H3. The van der Waals surface area contributed by atoms with Gasteiger partial charge in [-0.1, -0.05) is 75.7 Å². The van der Waals surface area contributed by atoms with Crippen LogP contribution >= 0.6 is 0 Å². The van der Waals surface area contributed by atoms with Crippen molar-refractivity contribution in [3.63, 3.8) is 0 Å². The van der Waals surface area contributed by atoms with Crippen molar-refractivity contribution in [2.45, 2.75) is 52.9 Å². The van der Waals surface area contributed by atoms with E-state index in [4.69, 9.17) is 0 Å². The van der Waals surface area contributed by atoms with Crippen molar-refractivity contribution in [3.05, 3.63) is 64.2 Å². The summed E-state index contributed by atoms with van der Waals surface area (Å²) in [5.41, 5.74) is 10.3. The Morgan fingerprint density at radius 2 is 1.64 bits per heavy atom. The highest BCUT2D eigenvalue weighted by atomic mass is 14.2. The van der Waals surface area contributed by atoms with Gasteiger partial charge in [-0.2, -0.15) is 0 Å². The Labute approximate surface area is 134 Å². The van der Waals surface area contributed by atoms with Crippen LogP contribution in [0, 0.1) is 0 Å². The van der Waals surface area contributed by atoms with Gasteiger partial charge in [0.15, 0.2) is 0 Å². The second-order valence-corrected chi connectivity index (χ2v) is 7.51. The summed E-state index contributed by atoms with van der Waals surface area (Å²) < 4.78 is 0. The maximum absolute atomic E-state index is 2.38. The van der Waals surface area contributed by atoms with E-state index in [1.807, 2.05) is 0 Å². The summed E-state index contributed by atoms with van der Waals surface area (Å²) in [7, 11) is 0. The van der Waals surface area contributed by atoms with Crippen LogP contribution in [-0.2, 0) is 18.3 Å². The van der Waals surface area contributed by atoms with Crippen molar-refractivity contribution >= 4 is 6.08 Å². The molecule has 22 heavy (non-hydrogen) atoms. The number of allylic oxidation sites excluding steroid dienone is 1. The molecule has 1 aliphatic carbocycles. The number of aryl methyl sites for hydroxylation is 1. The van der Waals surface area contributed by atoms with Crippen LogP contribution in [0.4, 0.5) is 0 Å². The summed E-state index contributed by atoms with van der Waals surface area (Å²) in [4.78, 5) is 0. The zero-order valence-electron chi connectivity index (χ0n) is 14.5. The molecule has 2 aromatic carbocycles. The molecule has 0 heteroatoms. The lowest BCUT2D eigenvalue weighted by Gasteiger charge is -2.19. The van der Waals surface area contributed by atoms with Gasteiger partial charge < -0.3 is 0 Å². The normalized spacial score (nSPS) is 14.0. The average molecular weight is 290 g/mol. The summed E-state index contributed by atoms with van der Waals surface area (Å²) >= 11 is 0. The van der Waals surface area contributed by atoms with Crippen molar-refractivity contribution in [3.8, 4) is 11.1 Å². The Kier molecular flexibility index (Phi) is 3.72. The fourth-order valence-electron chi connectivity index (χ4n) is 3.39. The van der Waals surface area contributed by atoms with Crippen LogP contribution in [0.1, 0.15) is 56.9 Å². The van der Waals surface area contributed by atoms with Crippen LogP contribution in [0.15, 0.2) is 42.0 Å². The molecule has 0 fully saturated rings. The van der Waals surface area contributed by atoms with Crippen LogP contribution in [0.3, 0.4) is 0 Å². The Balaban J connectivity index is 2.08. The first-order valence-electron chi connectivity index (χ1n) is 8.33. The molecule has 3 rings (SSSR count). The van der Waals surface area contributed by atoms with Gasteiger partial charge >= 0.3 is 0 Å².